The van der Waals surface area contributed by atoms with E-state index < -0.39 is 0 Å². The van der Waals surface area contributed by atoms with Crippen LogP contribution in [0.15, 0.2) is 61.7 Å². The molecule has 1 N–H and O–H groups in total. The average molecular weight is 452 g/mol. The quantitative estimate of drug-likeness (QED) is 0.417. The fourth-order valence-corrected chi connectivity index (χ4v) is 4.82. The zero-order chi connectivity index (χ0) is 22.8. The summed E-state index contributed by atoms with van der Waals surface area (Å²) in [6, 6.07) is 6.45. The molecular formula is C24H23N10+. The van der Waals surface area contributed by atoms with Crippen molar-refractivity contribution in [3.05, 3.63) is 67.4 Å². The minimum Gasteiger partial charge on any atom is -0.346 e. The van der Waals surface area contributed by atoms with Gasteiger partial charge in [-0.3, -0.25) is 14.3 Å². The van der Waals surface area contributed by atoms with Crippen molar-refractivity contribution in [3.63, 3.8) is 0 Å². The van der Waals surface area contributed by atoms with Gasteiger partial charge in [-0.2, -0.15) is 14.8 Å². The number of pyridine rings is 2. The Morgan fingerprint density at radius 1 is 0.971 bits per heavy atom. The molecule has 1 aliphatic heterocycles. The Kier molecular flexibility index (Phi) is 4.00. The van der Waals surface area contributed by atoms with Crippen LogP contribution in [0, 0.1) is 0 Å². The SMILES string of the molecule is CN1CCn2ncc(-c3cnc4[nH]cc(-c5ccn6nc[n+](-c7cnn(C)c7)c6c5)c4c3)c2C1. The van der Waals surface area contributed by atoms with Crippen LogP contribution in [0.4, 0.5) is 0 Å². The Hall–Kier alpha value is -4.31. The standard InChI is InChI=1S/C24H22N10/c1-30-5-6-33-22(14-30)21(12-28-33)17-7-19-20(11-26-24(19)25-9-17)16-3-4-34-23(8-16)32(15-29-34)18-10-27-31(2)13-18/h3-4,7-13,15H,5-6,14H2,1-2H3/p+1. The zero-order valence-corrected chi connectivity index (χ0v) is 18.9. The zero-order valence-electron chi connectivity index (χ0n) is 18.9. The van der Waals surface area contributed by atoms with Gasteiger partial charge in [-0.25, -0.2) is 4.98 Å². The molecule has 10 nitrogen and oxygen atoms in total. The average Bonchev–Trinajstić information content (AvgIpc) is 3.63. The minimum atomic E-state index is 0.866. The van der Waals surface area contributed by atoms with Gasteiger partial charge in [0, 0.05) is 65.8 Å². The number of hydrogen-bond acceptors (Lipinski definition) is 5. The second-order valence-corrected chi connectivity index (χ2v) is 8.88. The smallest absolute Gasteiger partial charge is 0.271 e. The van der Waals surface area contributed by atoms with E-state index in [0.717, 1.165) is 64.3 Å². The Balaban J connectivity index is 1.35. The Labute approximate surface area is 194 Å². The maximum atomic E-state index is 4.73. The van der Waals surface area contributed by atoms with Gasteiger partial charge in [-0.15, -0.1) is 0 Å². The molecule has 0 aliphatic carbocycles. The predicted molar refractivity (Wildman–Crippen MR) is 126 cm³/mol. The molecule has 0 unspecified atom stereocenters. The second kappa shape index (κ2) is 7.09. The van der Waals surface area contributed by atoms with Gasteiger partial charge in [-0.1, -0.05) is 4.52 Å². The third-order valence-corrected chi connectivity index (χ3v) is 6.64. The van der Waals surface area contributed by atoms with Crippen molar-refractivity contribution in [3.8, 4) is 27.9 Å². The first kappa shape index (κ1) is 19.2. The molecule has 6 aromatic heterocycles. The van der Waals surface area contributed by atoms with Crippen molar-refractivity contribution >= 4 is 16.7 Å². The van der Waals surface area contributed by atoms with Crippen molar-refractivity contribution in [2.45, 2.75) is 13.1 Å². The highest BCUT2D eigenvalue weighted by atomic mass is 15.3. The molecule has 0 aromatic carbocycles. The molecule has 7 heterocycles. The Morgan fingerprint density at radius 3 is 2.79 bits per heavy atom. The lowest BCUT2D eigenvalue weighted by Gasteiger charge is -2.24. The first-order chi connectivity index (χ1) is 16.6. The number of H-pyrrole nitrogens is 1. The number of nitrogens with zero attached hydrogens (tertiary/aromatic N) is 9. The maximum Gasteiger partial charge on any atom is 0.271 e. The second-order valence-electron chi connectivity index (χ2n) is 8.88. The van der Waals surface area contributed by atoms with Crippen LogP contribution in [0.2, 0.25) is 0 Å². The number of likely N-dealkylation sites (N-methyl/N-ethyl adjacent to an activating group) is 1. The topological polar surface area (TPSA) is 88.7 Å². The predicted octanol–water partition coefficient (Wildman–Crippen LogP) is 2.20. The van der Waals surface area contributed by atoms with Crippen LogP contribution in [0.3, 0.4) is 0 Å². The molecule has 6 aromatic rings. The van der Waals surface area contributed by atoms with Crippen LogP contribution in [-0.2, 0) is 20.1 Å². The van der Waals surface area contributed by atoms with Gasteiger partial charge in [0.2, 0.25) is 0 Å². The van der Waals surface area contributed by atoms with Gasteiger partial charge in [0.05, 0.1) is 30.8 Å². The molecule has 0 bridgehead atoms. The molecule has 0 atom stereocenters. The molecule has 0 fully saturated rings. The molecule has 7 rings (SSSR count). The Bertz CT molecular complexity index is 1680. The van der Waals surface area contributed by atoms with E-state index in [1.807, 2.05) is 59.6 Å². The first-order valence-corrected chi connectivity index (χ1v) is 11.2. The van der Waals surface area contributed by atoms with Crippen molar-refractivity contribution in [1.82, 2.24) is 44.0 Å². The van der Waals surface area contributed by atoms with Crippen LogP contribution in [0.1, 0.15) is 5.69 Å². The molecule has 1 aliphatic rings. The van der Waals surface area contributed by atoms with E-state index in [-0.39, 0.29) is 0 Å². The van der Waals surface area contributed by atoms with E-state index in [1.54, 1.807) is 4.68 Å². The monoisotopic (exact) mass is 451 g/mol. The fraction of sp³-hybridized carbons (Fsp3) is 0.208. The summed E-state index contributed by atoms with van der Waals surface area (Å²) in [7, 11) is 4.06. The van der Waals surface area contributed by atoms with E-state index in [1.165, 1.54) is 5.69 Å². The lowest BCUT2D eigenvalue weighted by molar-refractivity contribution is -0.568. The van der Waals surface area contributed by atoms with Gasteiger partial charge < -0.3 is 4.98 Å². The summed E-state index contributed by atoms with van der Waals surface area (Å²) in [5.41, 5.74) is 8.45. The van der Waals surface area contributed by atoms with Gasteiger partial charge >= 0.3 is 0 Å². The number of aryl methyl sites for hydroxylation is 1. The van der Waals surface area contributed by atoms with Crippen molar-refractivity contribution in [2.24, 2.45) is 7.05 Å². The Morgan fingerprint density at radius 2 is 1.91 bits per heavy atom. The summed E-state index contributed by atoms with van der Waals surface area (Å²) in [4.78, 5) is 10.4. The van der Waals surface area contributed by atoms with Crippen LogP contribution >= 0.6 is 0 Å². The number of fused-ring (bicyclic) bond motifs is 3. The summed E-state index contributed by atoms with van der Waals surface area (Å²) in [6.45, 7) is 2.82. The highest BCUT2D eigenvalue weighted by Gasteiger charge is 2.21. The van der Waals surface area contributed by atoms with Gasteiger partial charge in [0.1, 0.15) is 17.5 Å². The normalized spacial score (nSPS) is 14.3. The van der Waals surface area contributed by atoms with Crippen molar-refractivity contribution in [1.29, 1.82) is 0 Å². The maximum absolute atomic E-state index is 4.73. The van der Waals surface area contributed by atoms with E-state index in [4.69, 9.17) is 4.98 Å². The molecule has 0 amide bonds. The summed E-state index contributed by atoms with van der Waals surface area (Å²) in [5.74, 6) is 0. The van der Waals surface area contributed by atoms with Gasteiger partial charge in [0.15, 0.2) is 0 Å². The van der Waals surface area contributed by atoms with Gasteiger partial charge in [-0.05, 0) is 24.7 Å². The summed E-state index contributed by atoms with van der Waals surface area (Å²) in [6.07, 6.45) is 13.5. The number of nitrogens with one attached hydrogen (secondary N) is 1. The lowest BCUT2D eigenvalue weighted by Crippen LogP contribution is -2.30. The number of hydrogen-bond donors (Lipinski definition) is 1. The molecule has 0 saturated carbocycles. The summed E-state index contributed by atoms with van der Waals surface area (Å²) in [5, 5.41) is 14.5. The van der Waals surface area contributed by atoms with Crippen LogP contribution in [-0.4, -0.2) is 57.6 Å². The van der Waals surface area contributed by atoms with E-state index in [2.05, 4.69) is 55.1 Å². The first-order valence-electron chi connectivity index (χ1n) is 11.2. The largest absolute Gasteiger partial charge is 0.346 e. The van der Waals surface area contributed by atoms with Crippen LogP contribution in [0.25, 0.3) is 44.6 Å². The third kappa shape index (κ3) is 2.88. The van der Waals surface area contributed by atoms with E-state index in [0.29, 0.717) is 0 Å². The summed E-state index contributed by atoms with van der Waals surface area (Å²) >= 11 is 0. The van der Waals surface area contributed by atoms with Gasteiger partial charge in [0.25, 0.3) is 12.0 Å². The highest BCUT2D eigenvalue weighted by Crippen LogP contribution is 2.33. The van der Waals surface area contributed by atoms with Crippen LogP contribution < -0.4 is 4.57 Å². The number of rotatable bonds is 3. The number of aromatic nitrogens is 9. The highest BCUT2D eigenvalue weighted by molar-refractivity contribution is 5.96. The molecule has 0 saturated heterocycles. The van der Waals surface area contributed by atoms with E-state index in [9.17, 15) is 0 Å². The molecule has 0 radical (unpaired) electrons. The lowest BCUT2D eigenvalue weighted by atomic mass is 10.0. The number of aromatic amines is 1. The van der Waals surface area contributed by atoms with Crippen molar-refractivity contribution in [2.75, 3.05) is 13.6 Å². The third-order valence-electron chi connectivity index (χ3n) is 6.64. The van der Waals surface area contributed by atoms with Crippen LogP contribution in [0.5, 0.6) is 0 Å². The molecule has 10 heteroatoms. The van der Waals surface area contributed by atoms with E-state index >= 15 is 0 Å². The minimum absolute atomic E-state index is 0.866. The van der Waals surface area contributed by atoms with Crippen molar-refractivity contribution < 1.29 is 4.57 Å². The molecule has 34 heavy (non-hydrogen) atoms. The fourth-order valence-electron chi connectivity index (χ4n) is 4.82. The molecule has 168 valence electrons. The molecular weight excluding hydrogens is 428 g/mol. The summed E-state index contributed by atoms with van der Waals surface area (Å²) < 4.78 is 7.80. The molecule has 0 spiro atoms.